The van der Waals surface area contributed by atoms with E-state index in [9.17, 15) is 9.59 Å². The van der Waals surface area contributed by atoms with Gasteiger partial charge in [0, 0.05) is 23.7 Å². The Bertz CT molecular complexity index is 705. The molecule has 3 aliphatic heterocycles. The van der Waals surface area contributed by atoms with E-state index in [1.807, 2.05) is 12.1 Å². The number of rotatable bonds is 3. The molecule has 4 rings (SSSR count). The molecular weight excluding hydrogens is 354 g/mol. The number of piperidine rings is 1. The Labute approximate surface area is 158 Å². The molecular formula is C19H24ClN3O3. The van der Waals surface area contributed by atoms with Crippen LogP contribution in [0.25, 0.3) is 0 Å². The fraction of sp³-hybridized carbons (Fsp3) is 0.579. The number of likely N-dealkylation sites (tertiary alicyclic amines) is 1. The number of amides is 2. The zero-order valence-corrected chi connectivity index (χ0v) is 15.4. The number of fused-ring (bicyclic) bond motifs is 1. The maximum absolute atomic E-state index is 12.9. The van der Waals surface area contributed by atoms with Gasteiger partial charge in [0.2, 0.25) is 11.8 Å². The zero-order chi connectivity index (χ0) is 18.1. The second-order valence-corrected chi connectivity index (χ2v) is 7.66. The summed E-state index contributed by atoms with van der Waals surface area (Å²) >= 11 is 6.29. The van der Waals surface area contributed by atoms with Gasteiger partial charge in [-0.15, -0.1) is 0 Å². The fourth-order valence-electron chi connectivity index (χ4n) is 4.22. The van der Waals surface area contributed by atoms with E-state index in [1.165, 1.54) is 0 Å². The van der Waals surface area contributed by atoms with Crippen molar-refractivity contribution in [2.24, 2.45) is 5.92 Å². The number of halogens is 1. The molecule has 0 spiro atoms. The summed E-state index contributed by atoms with van der Waals surface area (Å²) < 4.78 is 5.64. The molecule has 2 N–H and O–H groups in total. The zero-order valence-electron chi connectivity index (χ0n) is 14.7. The van der Waals surface area contributed by atoms with Crippen molar-refractivity contribution in [1.29, 1.82) is 0 Å². The SMILES string of the molecule is O=C(NC1COc2cccc(Cl)c21)[C@H]1CCCN1C(=O)[C@H]1CCCNC1. The quantitative estimate of drug-likeness (QED) is 0.843. The number of hydrogen-bond donors (Lipinski definition) is 2. The maximum Gasteiger partial charge on any atom is 0.243 e. The lowest BCUT2D eigenvalue weighted by molar-refractivity contribution is -0.142. The van der Waals surface area contributed by atoms with Gasteiger partial charge in [-0.3, -0.25) is 9.59 Å². The molecule has 3 atom stereocenters. The minimum absolute atomic E-state index is 0.0119. The van der Waals surface area contributed by atoms with E-state index in [0.717, 1.165) is 37.1 Å². The highest BCUT2D eigenvalue weighted by molar-refractivity contribution is 6.31. The van der Waals surface area contributed by atoms with Crippen molar-refractivity contribution in [2.75, 3.05) is 26.2 Å². The Kier molecular flexibility index (Phi) is 5.05. The Balaban J connectivity index is 1.44. The molecule has 3 aliphatic rings. The van der Waals surface area contributed by atoms with Crippen LogP contribution in [-0.2, 0) is 9.59 Å². The third kappa shape index (κ3) is 3.28. The van der Waals surface area contributed by atoms with Crippen LogP contribution in [0, 0.1) is 5.92 Å². The molecule has 140 valence electrons. The molecule has 0 saturated carbocycles. The van der Waals surface area contributed by atoms with Crippen LogP contribution in [-0.4, -0.2) is 49.0 Å². The van der Waals surface area contributed by atoms with Crippen molar-refractivity contribution in [1.82, 2.24) is 15.5 Å². The lowest BCUT2D eigenvalue weighted by Crippen LogP contribution is -2.50. The van der Waals surface area contributed by atoms with Crippen LogP contribution in [0.2, 0.25) is 5.02 Å². The number of nitrogens with zero attached hydrogens (tertiary/aromatic N) is 1. The first-order valence-electron chi connectivity index (χ1n) is 9.38. The minimum Gasteiger partial charge on any atom is -0.491 e. The first-order chi connectivity index (χ1) is 12.6. The van der Waals surface area contributed by atoms with Gasteiger partial charge in [-0.2, -0.15) is 0 Å². The second kappa shape index (κ2) is 7.45. The van der Waals surface area contributed by atoms with Crippen molar-refractivity contribution in [3.8, 4) is 5.75 Å². The standard InChI is InChI=1S/C19H24ClN3O3/c20-13-5-1-7-16-17(13)14(11-26-16)22-18(24)15-6-3-9-23(15)19(25)12-4-2-8-21-10-12/h1,5,7,12,14-15,21H,2-4,6,8-11H2,(H,22,24)/t12-,14?,15+/m0/s1. The summed E-state index contributed by atoms with van der Waals surface area (Å²) in [5.74, 6) is 0.703. The van der Waals surface area contributed by atoms with E-state index >= 15 is 0 Å². The third-order valence-electron chi connectivity index (χ3n) is 5.57. The number of carbonyl (C=O) groups excluding carboxylic acids is 2. The molecule has 26 heavy (non-hydrogen) atoms. The van der Waals surface area contributed by atoms with Crippen LogP contribution in [0.1, 0.15) is 37.3 Å². The van der Waals surface area contributed by atoms with Crippen molar-refractivity contribution < 1.29 is 14.3 Å². The van der Waals surface area contributed by atoms with Gasteiger partial charge >= 0.3 is 0 Å². The van der Waals surface area contributed by atoms with Crippen molar-refractivity contribution >= 4 is 23.4 Å². The number of benzene rings is 1. The third-order valence-corrected chi connectivity index (χ3v) is 5.90. The topological polar surface area (TPSA) is 70.7 Å². The Morgan fingerprint density at radius 3 is 2.96 bits per heavy atom. The fourth-order valence-corrected chi connectivity index (χ4v) is 4.52. The van der Waals surface area contributed by atoms with Crippen molar-refractivity contribution in [3.63, 3.8) is 0 Å². The minimum atomic E-state index is -0.393. The van der Waals surface area contributed by atoms with Crippen molar-refractivity contribution in [3.05, 3.63) is 28.8 Å². The summed E-state index contributed by atoms with van der Waals surface area (Å²) in [5, 5.41) is 6.92. The highest BCUT2D eigenvalue weighted by Gasteiger charge is 2.39. The van der Waals surface area contributed by atoms with Gasteiger partial charge in [0.15, 0.2) is 0 Å². The van der Waals surface area contributed by atoms with E-state index in [2.05, 4.69) is 10.6 Å². The predicted molar refractivity (Wildman–Crippen MR) is 98.2 cm³/mol. The molecule has 6 nitrogen and oxygen atoms in total. The van der Waals surface area contributed by atoms with E-state index in [-0.39, 0.29) is 23.8 Å². The molecule has 0 aromatic heterocycles. The number of ether oxygens (including phenoxy) is 1. The number of hydrogen-bond acceptors (Lipinski definition) is 4. The van der Waals surface area contributed by atoms with Crippen LogP contribution >= 0.6 is 11.6 Å². The molecule has 3 heterocycles. The van der Waals surface area contributed by atoms with E-state index in [1.54, 1.807) is 11.0 Å². The molecule has 1 aromatic carbocycles. The van der Waals surface area contributed by atoms with Crippen LogP contribution < -0.4 is 15.4 Å². The Hall–Kier alpha value is -1.79. The van der Waals surface area contributed by atoms with E-state index in [0.29, 0.717) is 31.1 Å². The monoisotopic (exact) mass is 377 g/mol. The molecule has 0 radical (unpaired) electrons. The summed E-state index contributed by atoms with van der Waals surface area (Å²) in [7, 11) is 0. The van der Waals surface area contributed by atoms with Crippen LogP contribution in [0.15, 0.2) is 18.2 Å². The molecule has 2 saturated heterocycles. The second-order valence-electron chi connectivity index (χ2n) is 7.26. The average Bonchev–Trinajstić information content (AvgIpc) is 3.30. The molecule has 7 heteroatoms. The number of carbonyl (C=O) groups is 2. The average molecular weight is 378 g/mol. The molecule has 0 aliphatic carbocycles. The van der Waals surface area contributed by atoms with Gasteiger partial charge < -0.3 is 20.3 Å². The molecule has 2 amide bonds. The predicted octanol–water partition coefficient (Wildman–Crippen LogP) is 1.88. The van der Waals surface area contributed by atoms with Crippen LogP contribution in [0.4, 0.5) is 0 Å². The highest BCUT2D eigenvalue weighted by atomic mass is 35.5. The molecule has 2 fully saturated rings. The molecule has 1 aromatic rings. The van der Waals surface area contributed by atoms with Gasteiger partial charge in [-0.05, 0) is 44.4 Å². The highest BCUT2D eigenvalue weighted by Crippen LogP contribution is 2.37. The lowest BCUT2D eigenvalue weighted by atomic mass is 9.97. The van der Waals surface area contributed by atoms with Gasteiger partial charge in [-0.1, -0.05) is 17.7 Å². The van der Waals surface area contributed by atoms with Crippen molar-refractivity contribution in [2.45, 2.75) is 37.8 Å². The Morgan fingerprint density at radius 1 is 1.27 bits per heavy atom. The largest absolute Gasteiger partial charge is 0.491 e. The smallest absolute Gasteiger partial charge is 0.243 e. The summed E-state index contributed by atoms with van der Waals surface area (Å²) in [6.07, 6.45) is 3.48. The van der Waals surface area contributed by atoms with E-state index in [4.69, 9.17) is 16.3 Å². The molecule has 0 bridgehead atoms. The van der Waals surface area contributed by atoms with Crippen LogP contribution in [0.5, 0.6) is 5.75 Å². The summed E-state index contributed by atoms with van der Waals surface area (Å²) in [4.78, 5) is 27.5. The maximum atomic E-state index is 12.9. The van der Waals surface area contributed by atoms with Gasteiger partial charge in [-0.25, -0.2) is 0 Å². The van der Waals surface area contributed by atoms with Gasteiger partial charge in [0.25, 0.3) is 0 Å². The first-order valence-corrected chi connectivity index (χ1v) is 9.75. The summed E-state index contributed by atoms with van der Waals surface area (Å²) in [6.45, 7) is 2.71. The van der Waals surface area contributed by atoms with Gasteiger partial charge in [0.1, 0.15) is 18.4 Å². The molecule has 1 unspecified atom stereocenters. The summed E-state index contributed by atoms with van der Waals surface area (Å²) in [5.41, 5.74) is 0.829. The van der Waals surface area contributed by atoms with Gasteiger partial charge in [0.05, 0.1) is 12.0 Å². The summed E-state index contributed by atoms with van der Waals surface area (Å²) in [6, 6.07) is 4.84. The van der Waals surface area contributed by atoms with E-state index < -0.39 is 6.04 Å². The number of nitrogens with one attached hydrogen (secondary N) is 2. The first kappa shape index (κ1) is 17.6. The van der Waals surface area contributed by atoms with Crippen LogP contribution in [0.3, 0.4) is 0 Å². The normalized spacial score (nSPS) is 27.7. The lowest BCUT2D eigenvalue weighted by Gasteiger charge is -2.30. The Morgan fingerprint density at radius 2 is 2.15 bits per heavy atom.